The highest BCUT2D eigenvalue weighted by Crippen LogP contribution is 2.32. The highest BCUT2D eigenvalue weighted by atomic mass is 16.7. The van der Waals surface area contributed by atoms with Gasteiger partial charge in [0.2, 0.25) is 0 Å². The summed E-state index contributed by atoms with van der Waals surface area (Å²) in [5, 5.41) is 0. The molecule has 1 heterocycles. The van der Waals surface area contributed by atoms with E-state index in [1.54, 1.807) is 12.2 Å². The second kappa shape index (κ2) is 2.41. The van der Waals surface area contributed by atoms with Crippen LogP contribution in [0.3, 0.4) is 0 Å². The van der Waals surface area contributed by atoms with Crippen LogP contribution in [0.25, 0.3) is 0 Å². The molecule has 2 rings (SSSR count). The number of fused-ring (bicyclic) bond motifs is 1. The van der Waals surface area contributed by atoms with E-state index in [0.29, 0.717) is 6.42 Å². The van der Waals surface area contributed by atoms with E-state index in [9.17, 15) is 4.79 Å². The number of carbonyl (C=O) groups excluding carboxylic acids is 1. The molecule has 2 unspecified atom stereocenters. The number of carbonyl (C=O) groups is 1. The molecule has 1 fully saturated rings. The molecule has 0 saturated carbocycles. The first-order valence-corrected chi connectivity index (χ1v) is 4.13. The standard InChI is InChI=1S/C9H12O3/c1-9(2)11-7-4-3-6(10)5-8(7)12-9/h3-4,7-8H,5H2,1-2H3. The topological polar surface area (TPSA) is 35.5 Å². The first-order chi connectivity index (χ1) is 5.57. The fourth-order valence-electron chi connectivity index (χ4n) is 1.65. The summed E-state index contributed by atoms with van der Waals surface area (Å²) in [7, 11) is 0. The number of ether oxygens (including phenoxy) is 2. The summed E-state index contributed by atoms with van der Waals surface area (Å²) in [4.78, 5) is 11.0. The normalized spacial score (nSPS) is 38.3. The lowest BCUT2D eigenvalue weighted by molar-refractivity contribution is -0.144. The van der Waals surface area contributed by atoms with Crippen LogP contribution in [0.5, 0.6) is 0 Å². The summed E-state index contributed by atoms with van der Waals surface area (Å²) in [5.41, 5.74) is 0. The van der Waals surface area contributed by atoms with Crippen LogP contribution in [0.1, 0.15) is 20.3 Å². The van der Waals surface area contributed by atoms with Crippen molar-refractivity contribution in [2.75, 3.05) is 0 Å². The van der Waals surface area contributed by atoms with Crippen molar-refractivity contribution in [3.63, 3.8) is 0 Å². The summed E-state index contributed by atoms with van der Waals surface area (Å²) in [6, 6.07) is 0. The third kappa shape index (κ3) is 1.30. The second-order valence-corrected chi connectivity index (χ2v) is 3.67. The van der Waals surface area contributed by atoms with Gasteiger partial charge in [-0.05, 0) is 26.0 Å². The molecule has 1 aliphatic heterocycles. The zero-order valence-electron chi connectivity index (χ0n) is 7.24. The van der Waals surface area contributed by atoms with Crippen LogP contribution in [-0.2, 0) is 14.3 Å². The molecule has 3 nitrogen and oxygen atoms in total. The second-order valence-electron chi connectivity index (χ2n) is 3.67. The number of allylic oxidation sites excluding steroid dienone is 1. The van der Waals surface area contributed by atoms with Crippen molar-refractivity contribution in [2.45, 2.75) is 38.3 Å². The number of rotatable bonds is 0. The third-order valence-corrected chi connectivity index (χ3v) is 2.10. The van der Waals surface area contributed by atoms with Crippen molar-refractivity contribution in [3.8, 4) is 0 Å². The van der Waals surface area contributed by atoms with E-state index in [-0.39, 0.29) is 18.0 Å². The van der Waals surface area contributed by atoms with Crippen molar-refractivity contribution >= 4 is 5.78 Å². The van der Waals surface area contributed by atoms with E-state index in [1.165, 1.54) is 0 Å². The lowest BCUT2D eigenvalue weighted by Crippen LogP contribution is -2.27. The van der Waals surface area contributed by atoms with Gasteiger partial charge < -0.3 is 9.47 Å². The first kappa shape index (κ1) is 7.95. The van der Waals surface area contributed by atoms with E-state index in [2.05, 4.69) is 0 Å². The quantitative estimate of drug-likeness (QED) is 0.542. The molecule has 0 spiro atoms. The molecule has 3 heteroatoms. The van der Waals surface area contributed by atoms with Crippen LogP contribution in [0.2, 0.25) is 0 Å². The average Bonchev–Trinajstić information content (AvgIpc) is 2.21. The Labute approximate surface area is 71.3 Å². The monoisotopic (exact) mass is 168 g/mol. The molecular formula is C9H12O3. The fourth-order valence-corrected chi connectivity index (χ4v) is 1.65. The predicted molar refractivity (Wildman–Crippen MR) is 42.6 cm³/mol. The molecule has 2 aliphatic rings. The van der Waals surface area contributed by atoms with E-state index in [0.717, 1.165) is 0 Å². The molecule has 0 bridgehead atoms. The number of hydrogen-bond donors (Lipinski definition) is 0. The molecule has 1 saturated heterocycles. The Balaban J connectivity index is 2.17. The molecular weight excluding hydrogens is 156 g/mol. The minimum atomic E-state index is -0.537. The van der Waals surface area contributed by atoms with Gasteiger partial charge in [-0.1, -0.05) is 0 Å². The van der Waals surface area contributed by atoms with Gasteiger partial charge in [0.05, 0.1) is 6.10 Å². The Morgan fingerprint density at radius 2 is 2.25 bits per heavy atom. The molecule has 66 valence electrons. The van der Waals surface area contributed by atoms with Gasteiger partial charge in [0, 0.05) is 6.42 Å². The summed E-state index contributed by atoms with van der Waals surface area (Å²) in [6.45, 7) is 3.73. The maximum absolute atomic E-state index is 11.0. The summed E-state index contributed by atoms with van der Waals surface area (Å²) < 4.78 is 11.1. The minimum absolute atomic E-state index is 0.0299. The van der Waals surface area contributed by atoms with Crippen molar-refractivity contribution in [1.82, 2.24) is 0 Å². The van der Waals surface area contributed by atoms with E-state index in [1.807, 2.05) is 13.8 Å². The van der Waals surface area contributed by atoms with Gasteiger partial charge in [-0.2, -0.15) is 0 Å². The lowest BCUT2D eigenvalue weighted by atomic mass is 10.0. The van der Waals surface area contributed by atoms with Crippen LogP contribution in [-0.4, -0.2) is 23.8 Å². The van der Waals surface area contributed by atoms with Gasteiger partial charge in [0.1, 0.15) is 6.10 Å². The van der Waals surface area contributed by atoms with Gasteiger partial charge in [0.25, 0.3) is 0 Å². The zero-order valence-corrected chi connectivity index (χ0v) is 7.24. The molecule has 12 heavy (non-hydrogen) atoms. The minimum Gasteiger partial charge on any atom is -0.344 e. The maximum Gasteiger partial charge on any atom is 0.164 e. The van der Waals surface area contributed by atoms with Crippen molar-refractivity contribution < 1.29 is 14.3 Å². The Kier molecular flexibility index (Phi) is 1.59. The Morgan fingerprint density at radius 1 is 1.50 bits per heavy atom. The SMILES string of the molecule is CC1(C)OC2C=CC(=O)CC2O1. The van der Waals surface area contributed by atoms with Crippen molar-refractivity contribution in [1.29, 1.82) is 0 Å². The largest absolute Gasteiger partial charge is 0.344 e. The molecule has 2 atom stereocenters. The van der Waals surface area contributed by atoms with Crippen LogP contribution in [0, 0.1) is 0 Å². The van der Waals surface area contributed by atoms with Gasteiger partial charge in [-0.15, -0.1) is 0 Å². The highest BCUT2D eigenvalue weighted by molar-refractivity contribution is 5.91. The van der Waals surface area contributed by atoms with Crippen molar-refractivity contribution in [2.24, 2.45) is 0 Å². The third-order valence-electron chi connectivity index (χ3n) is 2.10. The molecule has 0 aromatic carbocycles. The maximum atomic E-state index is 11.0. The first-order valence-electron chi connectivity index (χ1n) is 4.13. The molecule has 0 amide bonds. The van der Waals surface area contributed by atoms with Gasteiger partial charge in [0.15, 0.2) is 11.6 Å². The smallest absolute Gasteiger partial charge is 0.164 e. The van der Waals surface area contributed by atoms with Gasteiger partial charge >= 0.3 is 0 Å². The van der Waals surface area contributed by atoms with Crippen LogP contribution in [0.15, 0.2) is 12.2 Å². The molecule has 0 aromatic rings. The van der Waals surface area contributed by atoms with E-state index in [4.69, 9.17) is 9.47 Å². The number of hydrogen-bond acceptors (Lipinski definition) is 3. The average molecular weight is 168 g/mol. The Bertz CT molecular complexity index is 242. The highest BCUT2D eigenvalue weighted by Gasteiger charge is 2.42. The molecule has 1 aliphatic carbocycles. The summed E-state index contributed by atoms with van der Waals surface area (Å²) in [5.74, 6) is -0.415. The summed E-state index contributed by atoms with van der Waals surface area (Å²) >= 11 is 0. The van der Waals surface area contributed by atoms with Gasteiger partial charge in [-0.3, -0.25) is 4.79 Å². The van der Waals surface area contributed by atoms with Gasteiger partial charge in [-0.25, -0.2) is 0 Å². The lowest BCUT2D eigenvalue weighted by Gasteiger charge is -2.16. The van der Waals surface area contributed by atoms with Crippen LogP contribution >= 0.6 is 0 Å². The van der Waals surface area contributed by atoms with E-state index < -0.39 is 5.79 Å². The zero-order chi connectivity index (χ0) is 8.77. The Hall–Kier alpha value is -0.670. The Morgan fingerprint density at radius 3 is 3.00 bits per heavy atom. The molecule has 0 N–H and O–H groups in total. The number of ketones is 1. The fraction of sp³-hybridized carbons (Fsp3) is 0.667. The van der Waals surface area contributed by atoms with Crippen molar-refractivity contribution in [3.05, 3.63) is 12.2 Å². The molecule has 0 aromatic heterocycles. The van der Waals surface area contributed by atoms with Crippen LogP contribution in [0.4, 0.5) is 0 Å². The predicted octanol–water partition coefficient (Wildman–Crippen LogP) is 1.04. The molecule has 0 radical (unpaired) electrons. The summed E-state index contributed by atoms with van der Waals surface area (Å²) in [6.07, 6.45) is 3.71. The van der Waals surface area contributed by atoms with Crippen LogP contribution < -0.4 is 0 Å². The van der Waals surface area contributed by atoms with E-state index >= 15 is 0 Å².